The van der Waals surface area contributed by atoms with E-state index < -0.39 is 14.9 Å². The molecule has 0 radical (unpaired) electrons. The normalized spacial score (nSPS) is 11.5. The molecule has 0 amide bonds. The van der Waals surface area contributed by atoms with Crippen molar-refractivity contribution in [3.05, 3.63) is 70.0 Å². The van der Waals surface area contributed by atoms with E-state index in [1.165, 1.54) is 30.3 Å². The molecule has 0 fully saturated rings. The number of aliphatic imine (C=N–C) groups is 1. The fourth-order valence-corrected chi connectivity index (χ4v) is 3.66. The van der Waals surface area contributed by atoms with E-state index in [1.54, 1.807) is 12.1 Å². The van der Waals surface area contributed by atoms with Crippen molar-refractivity contribution in [2.45, 2.75) is 18.4 Å². The van der Waals surface area contributed by atoms with E-state index in [0.717, 1.165) is 11.6 Å². The van der Waals surface area contributed by atoms with E-state index in [-0.39, 0.29) is 53.5 Å². The number of benzene rings is 2. The number of hydrogen-bond donors (Lipinski definition) is 2. The lowest BCUT2D eigenvalue weighted by Gasteiger charge is -2.22. The Kier molecular flexibility index (Phi) is 10.8. The minimum Gasteiger partial charge on any atom is -0.357 e. The number of rotatable bonds is 9. The summed E-state index contributed by atoms with van der Waals surface area (Å²) < 4.78 is 40.1. The highest BCUT2D eigenvalue weighted by atomic mass is 127. The minimum atomic E-state index is -3.89. The number of non-ortho nitro benzene ring substituents is 1. The summed E-state index contributed by atoms with van der Waals surface area (Å²) in [5.41, 5.74) is 0.601. The SMILES string of the molecule is CCNC(=NCCNS(=O)(=O)c1cccc([N+](=O)[O-])c1)N(C)Cc1ccc(F)cc1.I. The van der Waals surface area contributed by atoms with Gasteiger partial charge in [0, 0.05) is 38.8 Å². The third-order valence-electron chi connectivity index (χ3n) is 4.03. The highest BCUT2D eigenvalue weighted by Gasteiger charge is 2.17. The lowest BCUT2D eigenvalue weighted by molar-refractivity contribution is -0.385. The molecule has 0 aliphatic rings. The van der Waals surface area contributed by atoms with Crippen LogP contribution in [0.1, 0.15) is 12.5 Å². The van der Waals surface area contributed by atoms with E-state index in [1.807, 2.05) is 18.9 Å². The van der Waals surface area contributed by atoms with Gasteiger partial charge >= 0.3 is 0 Å². The van der Waals surface area contributed by atoms with Gasteiger partial charge in [-0.05, 0) is 30.7 Å². The Morgan fingerprint density at radius 2 is 1.90 bits per heavy atom. The predicted molar refractivity (Wildman–Crippen MR) is 128 cm³/mol. The Morgan fingerprint density at radius 3 is 2.52 bits per heavy atom. The van der Waals surface area contributed by atoms with Gasteiger partial charge in [-0.15, -0.1) is 24.0 Å². The molecule has 0 saturated carbocycles. The lowest BCUT2D eigenvalue weighted by Crippen LogP contribution is -2.39. The number of nitrogens with zero attached hydrogens (tertiary/aromatic N) is 3. The molecule has 0 unspecified atom stereocenters. The summed E-state index contributed by atoms with van der Waals surface area (Å²) in [7, 11) is -2.08. The zero-order chi connectivity index (χ0) is 22.1. The van der Waals surface area contributed by atoms with Gasteiger partial charge in [0.2, 0.25) is 10.0 Å². The molecule has 0 saturated heterocycles. The maximum absolute atomic E-state index is 13.1. The van der Waals surface area contributed by atoms with Gasteiger partial charge in [0.1, 0.15) is 5.82 Å². The molecule has 31 heavy (non-hydrogen) atoms. The quantitative estimate of drug-likeness (QED) is 0.121. The van der Waals surface area contributed by atoms with E-state index in [9.17, 15) is 22.9 Å². The van der Waals surface area contributed by atoms with Gasteiger partial charge < -0.3 is 10.2 Å². The molecule has 0 aliphatic heterocycles. The highest BCUT2D eigenvalue weighted by Crippen LogP contribution is 2.16. The lowest BCUT2D eigenvalue weighted by atomic mass is 10.2. The van der Waals surface area contributed by atoms with Crippen LogP contribution < -0.4 is 10.0 Å². The standard InChI is InChI=1S/C19H24FN5O4S.HI/c1-3-21-19(24(2)14-15-7-9-16(20)10-8-15)22-11-12-23-30(28,29)18-6-4-5-17(13-18)25(26)27;/h4-10,13,23H,3,11-12,14H2,1-2H3,(H,21,22);1H. The van der Waals surface area contributed by atoms with Gasteiger partial charge in [0.05, 0.1) is 16.4 Å². The molecular weight excluding hydrogens is 540 g/mol. The van der Waals surface area contributed by atoms with E-state index in [4.69, 9.17) is 0 Å². The van der Waals surface area contributed by atoms with E-state index in [0.29, 0.717) is 19.0 Å². The van der Waals surface area contributed by atoms with Crippen LogP contribution in [0, 0.1) is 15.9 Å². The van der Waals surface area contributed by atoms with Crippen molar-refractivity contribution < 1.29 is 17.7 Å². The summed E-state index contributed by atoms with van der Waals surface area (Å²) in [6, 6.07) is 11.0. The van der Waals surface area contributed by atoms with Crippen LogP contribution in [0.2, 0.25) is 0 Å². The molecule has 2 N–H and O–H groups in total. The Hall–Kier alpha value is -2.32. The minimum absolute atomic E-state index is 0. The Morgan fingerprint density at radius 1 is 1.23 bits per heavy atom. The number of halogens is 2. The number of guanidine groups is 1. The summed E-state index contributed by atoms with van der Waals surface area (Å²) in [6.45, 7) is 3.19. The van der Waals surface area contributed by atoms with Gasteiger partial charge in [0.25, 0.3) is 5.69 Å². The molecule has 0 aromatic heterocycles. The zero-order valence-corrected chi connectivity index (χ0v) is 20.3. The van der Waals surface area contributed by atoms with Gasteiger partial charge in [-0.2, -0.15) is 0 Å². The predicted octanol–water partition coefficient (Wildman–Crippen LogP) is 2.73. The zero-order valence-electron chi connectivity index (χ0n) is 17.1. The molecule has 12 heteroatoms. The van der Waals surface area contributed by atoms with Gasteiger partial charge in [-0.25, -0.2) is 17.5 Å². The first-order valence-corrected chi connectivity index (χ1v) is 10.7. The Labute approximate surface area is 198 Å². The number of hydrogen-bond acceptors (Lipinski definition) is 5. The second-order valence-corrected chi connectivity index (χ2v) is 8.14. The fraction of sp³-hybridized carbons (Fsp3) is 0.316. The van der Waals surface area contributed by atoms with Crippen LogP contribution in [-0.4, -0.2) is 50.9 Å². The summed E-state index contributed by atoms with van der Waals surface area (Å²) in [5, 5.41) is 13.9. The maximum atomic E-state index is 13.1. The molecule has 0 spiro atoms. The van der Waals surface area contributed by atoms with E-state index >= 15 is 0 Å². The Balaban J connectivity index is 0.00000480. The maximum Gasteiger partial charge on any atom is 0.270 e. The summed E-state index contributed by atoms with van der Waals surface area (Å²) in [4.78, 5) is 16.2. The molecule has 0 aliphatic carbocycles. The first-order chi connectivity index (χ1) is 14.2. The largest absolute Gasteiger partial charge is 0.357 e. The van der Waals surface area contributed by atoms with Crippen LogP contribution in [0.25, 0.3) is 0 Å². The second-order valence-electron chi connectivity index (χ2n) is 6.37. The molecule has 9 nitrogen and oxygen atoms in total. The van der Waals surface area contributed by atoms with Crippen LogP contribution in [0.4, 0.5) is 10.1 Å². The van der Waals surface area contributed by atoms with Crippen molar-refractivity contribution in [1.29, 1.82) is 0 Å². The summed E-state index contributed by atoms with van der Waals surface area (Å²) >= 11 is 0. The molecule has 2 aromatic carbocycles. The number of nitro benzene ring substituents is 1. The third kappa shape index (κ3) is 8.38. The molecule has 170 valence electrons. The molecule has 0 atom stereocenters. The average molecular weight is 565 g/mol. The molecule has 2 rings (SSSR count). The first-order valence-electron chi connectivity index (χ1n) is 9.21. The number of sulfonamides is 1. The molecule has 0 bridgehead atoms. The topological polar surface area (TPSA) is 117 Å². The molecular formula is C19H25FIN5O4S. The third-order valence-corrected chi connectivity index (χ3v) is 5.49. The smallest absolute Gasteiger partial charge is 0.270 e. The summed E-state index contributed by atoms with van der Waals surface area (Å²) in [6.07, 6.45) is 0. The fourth-order valence-electron chi connectivity index (χ4n) is 2.60. The second kappa shape index (κ2) is 12.5. The van der Waals surface area contributed by atoms with Gasteiger partial charge in [-0.1, -0.05) is 18.2 Å². The van der Waals surface area contributed by atoms with Crippen LogP contribution >= 0.6 is 24.0 Å². The van der Waals surface area contributed by atoms with Crippen LogP contribution in [0.5, 0.6) is 0 Å². The van der Waals surface area contributed by atoms with Crippen molar-refractivity contribution in [3.63, 3.8) is 0 Å². The van der Waals surface area contributed by atoms with Crippen molar-refractivity contribution in [2.75, 3.05) is 26.7 Å². The molecule has 0 heterocycles. The summed E-state index contributed by atoms with van der Waals surface area (Å²) in [5.74, 6) is 0.259. The van der Waals surface area contributed by atoms with Crippen molar-refractivity contribution in [1.82, 2.24) is 14.9 Å². The average Bonchev–Trinajstić information content (AvgIpc) is 2.72. The molecule has 2 aromatic rings. The number of nitro groups is 1. The Bertz CT molecular complexity index is 1000. The van der Waals surface area contributed by atoms with Crippen molar-refractivity contribution in [3.8, 4) is 0 Å². The van der Waals surface area contributed by atoms with Crippen LogP contribution in [0.3, 0.4) is 0 Å². The highest BCUT2D eigenvalue weighted by molar-refractivity contribution is 14.0. The van der Waals surface area contributed by atoms with Crippen LogP contribution in [-0.2, 0) is 16.6 Å². The van der Waals surface area contributed by atoms with E-state index in [2.05, 4.69) is 15.0 Å². The van der Waals surface area contributed by atoms with Gasteiger partial charge in [0.15, 0.2) is 5.96 Å². The van der Waals surface area contributed by atoms with Gasteiger partial charge in [-0.3, -0.25) is 15.1 Å². The monoisotopic (exact) mass is 565 g/mol. The van der Waals surface area contributed by atoms with Crippen molar-refractivity contribution >= 4 is 45.6 Å². The number of nitrogens with one attached hydrogen (secondary N) is 2. The van der Waals surface area contributed by atoms with Crippen LogP contribution in [0.15, 0.2) is 58.4 Å². The van der Waals surface area contributed by atoms with Crippen molar-refractivity contribution in [2.24, 2.45) is 4.99 Å². The first kappa shape index (κ1) is 26.7.